The molecule has 0 unspecified atom stereocenters. The standard InChI is InChI=1S/C25H19ClFN3O2S/c1-31-21-10-9-17(14-18(21)26)30-24(23(29-25(30)33)19-4-2-3-13-28-19)22-12-11-20(32-22)15-5-7-16(27)8-6-15/h2-14,23-24H,1H3,(H,29,33)/t23-,24+/m1/s1. The molecule has 5 rings (SSSR count). The van der Waals surface area contributed by atoms with E-state index in [1.54, 1.807) is 31.5 Å². The lowest BCUT2D eigenvalue weighted by molar-refractivity contribution is 0.415. The number of hydrogen-bond acceptors (Lipinski definition) is 4. The topological polar surface area (TPSA) is 50.5 Å². The Morgan fingerprint density at radius 1 is 1.09 bits per heavy atom. The molecule has 33 heavy (non-hydrogen) atoms. The Morgan fingerprint density at radius 2 is 1.91 bits per heavy atom. The number of methoxy groups -OCH3 is 1. The van der Waals surface area contributed by atoms with E-state index in [0.717, 1.165) is 16.9 Å². The highest BCUT2D eigenvalue weighted by Gasteiger charge is 2.42. The molecule has 3 heterocycles. The first-order valence-corrected chi connectivity index (χ1v) is 11.0. The second kappa shape index (κ2) is 8.84. The van der Waals surface area contributed by atoms with Crippen molar-refractivity contribution in [1.29, 1.82) is 0 Å². The van der Waals surface area contributed by atoms with Crippen LogP contribution in [-0.4, -0.2) is 17.2 Å². The molecule has 5 nitrogen and oxygen atoms in total. The minimum absolute atomic E-state index is 0.258. The lowest BCUT2D eigenvalue weighted by atomic mass is 10.0. The van der Waals surface area contributed by atoms with Crippen molar-refractivity contribution in [2.24, 2.45) is 0 Å². The SMILES string of the molecule is COc1ccc(N2C(=S)N[C@H](c3ccccn3)[C@@H]2c2ccc(-c3ccc(F)cc3)o2)cc1Cl. The Bertz CT molecular complexity index is 1300. The molecule has 0 radical (unpaired) electrons. The molecule has 1 aliphatic rings. The highest BCUT2D eigenvalue weighted by Crippen LogP contribution is 2.44. The number of benzene rings is 2. The van der Waals surface area contributed by atoms with Gasteiger partial charge in [0.05, 0.1) is 23.9 Å². The van der Waals surface area contributed by atoms with Crippen LogP contribution in [0, 0.1) is 5.82 Å². The monoisotopic (exact) mass is 479 g/mol. The summed E-state index contributed by atoms with van der Waals surface area (Å²) in [5.74, 6) is 1.60. The smallest absolute Gasteiger partial charge is 0.174 e. The third kappa shape index (κ3) is 4.05. The molecule has 2 atom stereocenters. The Balaban J connectivity index is 1.59. The summed E-state index contributed by atoms with van der Waals surface area (Å²) in [7, 11) is 1.57. The number of ether oxygens (including phenoxy) is 1. The molecule has 166 valence electrons. The van der Waals surface area contributed by atoms with E-state index >= 15 is 0 Å². The Hall–Kier alpha value is -3.42. The molecule has 0 saturated carbocycles. The van der Waals surface area contributed by atoms with Gasteiger partial charge in [0.25, 0.3) is 0 Å². The molecule has 4 aromatic rings. The normalized spacial score (nSPS) is 17.8. The Morgan fingerprint density at radius 3 is 2.61 bits per heavy atom. The number of hydrogen-bond donors (Lipinski definition) is 1. The van der Waals surface area contributed by atoms with Gasteiger partial charge in [0.2, 0.25) is 0 Å². The molecule has 1 aliphatic heterocycles. The predicted octanol–water partition coefficient (Wildman–Crippen LogP) is 6.32. The van der Waals surface area contributed by atoms with E-state index in [2.05, 4.69) is 10.3 Å². The predicted molar refractivity (Wildman–Crippen MR) is 130 cm³/mol. The fourth-order valence-corrected chi connectivity index (χ4v) is 4.61. The van der Waals surface area contributed by atoms with E-state index in [0.29, 0.717) is 27.4 Å². The minimum atomic E-state index is -0.328. The van der Waals surface area contributed by atoms with Crippen LogP contribution in [0.4, 0.5) is 10.1 Å². The number of thiocarbonyl (C=S) groups is 1. The average molecular weight is 480 g/mol. The molecule has 8 heteroatoms. The highest BCUT2D eigenvalue weighted by atomic mass is 35.5. The van der Waals surface area contributed by atoms with Crippen LogP contribution in [0.2, 0.25) is 5.02 Å². The highest BCUT2D eigenvalue weighted by molar-refractivity contribution is 7.80. The van der Waals surface area contributed by atoms with Gasteiger partial charge in [-0.3, -0.25) is 4.98 Å². The molecule has 2 aromatic heterocycles. The Labute approximate surface area is 200 Å². The van der Waals surface area contributed by atoms with Gasteiger partial charge in [0.15, 0.2) is 5.11 Å². The zero-order chi connectivity index (χ0) is 22.9. The fourth-order valence-electron chi connectivity index (χ4n) is 4.01. The van der Waals surface area contributed by atoms with Gasteiger partial charge >= 0.3 is 0 Å². The Kier molecular flexibility index (Phi) is 5.74. The zero-order valence-corrected chi connectivity index (χ0v) is 19.1. The number of furan rings is 1. The van der Waals surface area contributed by atoms with Crippen molar-refractivity contribution in [2.45, 2.75) is 12.1 Å². The molecule has 1 fully saturated rings. The third-order valence-electron chi connectivity index (χ3n) is 5.56. The number of pyridine rings is 1. The van der Waals surface area contributed by atoms with Crippen LogP contribution in [0.1, 0.15) is 23.5 Å². The molecule has 0 spiro atoms. The van der Waals surface area contributed by atoms with E-state index in [1.807, 2.05) is 47.4 Å². The summed E-state index contributed by atoms with van der Waals surface area (Å²) in [4.78, 5) is 6.51. The summed E-state index contributed by atoms with van der Waals surface area (Å²) in [6.07, 6.45) is 1.75. The molecule has 1 N–H and O–H groups in total. The summed E-state index contributed by atoms with van der Waals surface area (Å²) >= 11 is 12.1. The number of aromatic nitrogens is 1. The van der Waals surface area contributed by atoms with Crippen LogP contribution >= 0.6 is 23.8 Å². The molecule has 2 aromatic carbocycles. The van der Waals surface area contributed by atoms with Gasteiger partial charge in [-0.25, -0.2) is 4.39 Å². The first-order valence-electron chi connectivity index (χ1n) is 10.2. The van der Waals surface area contributed by atoms with Crippen molar-refractivity contribution < 1.29 is 13.5 Å². The van der Waals surface area contributed by atoms with Crippen molar-refractivity contribution in [1.82, 2.24) is 10.3 Å². The zero-order valence-electron chi connectivity index (χ0n) is 17.5. The number of nitrogens with zero attached hydrogens (tertiary/aromatic N) is 2. The summed E-state index contributed by atoms with van der Waals surface area (Å²) in [6, 6.07) is 20.7. The quantitative estimate of drug-likeness (QED) is 0.338. The average Bonchev–Trinajstić information content (AvgIpc) is 3.44. The molecule has 1 saturated heterocycles. The first kappa shape index (κ1) is 21.4. The van der Waals surface area contributed by atoms with Gasteiger partial charge in [-0.05, 0) is 78.9 Å². The second-order valence-corrected chi connectivity index (χ2v) is 8.32. The van der Waals surface area contributed by atoms with E-state index < -0.39 is 0 Å². The number of anilines is 1. The van der Waals surface area contributed by atoms with Crippen LogP contribution in [0.3, 0.4) is 0 Å². The summed E-state index contributed by atoms with van der Waals surface area (Å²) in [5, 5.41) is 4.38. The lowest BCUT2D eigenvalue weighted by Crippen LogP contribution is -2.29. The maximum atomic E-state index is 13.4. The number of rotatable bonds is 5. The molecule has 0 amide bonds. The lowest BCUT2D eigenvalue weighted by Gasteiger charge is -2.26. The van der Waals surface area contributed by atoms with Crippen molar-refractivity contribution in [3.8, 4) is 17.1 Å². The summed E-state index contributed by atoms with van der Waals surface area (Å²) < 4.78 is 24.9. The summed E-state index contributed by atoms with van der Waals surface area (Å²) in [6.45, 7) is 0. The van der Waals surface area contributed by atoms with Crippen LogP contribution in [-0.2, 0) is 0 Å². The van der Waals surface area contributed by atoms with E-state index in [4.69, 9.17) is 33.0 Å². The van der Waals surface area contributed by atoms with Gasteiger partial charge in [-0.15, -0.1) is 0 Å². The van der Waals surface area contributed by atoms with Gasteiger partial charge < -0.3 is 19.4 Å². The second-order valence-electron chi connectivity index (χ2n) is 7.52. The maximum Gasteiger partial charge on any atom is 0.174 e. The van der Waals surface area contributed by atoms with Gasteiger partial charge in [0, 0.05) is 17.4 Å². The summed E-state index contributed by atoms with van der Waals surface area (Å²) in [5.41, 5.74) is 2.40. The van der Waals surface area contributed by atoms with Crippen molar-refractivity contribution in [3.63, 3.8) is 0 Å². The van der Waals surface area contributed by atoms with Crippen molar-refractivity contribution in [3.05, 3.63) is 101 Å². The third-order valence-corrected chi connectivity index (χ3v) is 6.17. The minimum Gasteiger partial charge on any atom is -0.495 e. The van der Waals surface area contributed by atoms with Gasteiger partial charge in [-0.2, -0.15) is 0 Å². The number of halogens is 2. The van der Waals surface area contributed by atoms with E-state index in [9.17, 15) is 4.39 Å². The molecule has 0 aliphatic carbocycles. The number of nitrogens with one attached hydrogen (secondary N) is 1. The van der Waals surface area contributed by atoms with E-state index in [-0.39, 0.29) is 17.9 Å². The van der Waals surface area contributed by atoms with Gasteiger partial charge in [-0.1, -0.05) is 17.7 Å². The molecular weight excluding hydrogens is 461 g/mol. The van der Waals surface area contributed by atoms with Crippen LogP contribution in [0.25, 0.3) is 11.3 Å². The van der Waals surface area contributed by atoms with Crippen LogP contribution in [0.15, 0.2) is 83.4 Å². The fraction of sp³-hybridized carbons (Fsp3) is 0.120. The van der Waals surface area contributed by atoms with Crippen molar-refractivity contribution in [2.75, 3.05) is 12.0 Å². The maximum absolute atomic E-state index is 13.4. The van der Waals surface area contributed by atoms with Crippen LogP contribution < -0.4 is 15.0 Å². The molecular formula is C25H19ClFN3O2S. The molecule has 0 bridgehead atoms. The van der Waals surface area contributed by atoms with Gasteiger partial charge in [0.1, 0.15) is 29.1 Å². The van der Waals surface area contributed by atoms with Crippen LogP contribution in [0.5, 0.6) is 5.75 Å². The first-order chi connectivity index (χ1) is 16.0. The van der Waals surface area contributed by atoms with E-state index in [1.165, 1.54) is 12.1 Å². The largest absolute Gasteiger partial charge is 0.495 e. The van der Waals surface area contributed by atoms with Crippen molar-refractivity contribution >= 4 is 34.6 Å².